The SMILES string of the molecule is COCCOC(=O)C1=C(C)NC(C)=C(C(=O)Nc2cccc(C(=O)OCCC#N)c2)C1c1ccccc1. The molecule has 0 aliphatic carbocycles. The van der Waals surface area contributed by atoms with Crippen LogP contribution in [0.5, 0.6) is 0 Å². The number of ether oxygens (including phenoxy) is 3. The van der Waals surface area contributed by atoms with E-state index in [4.69, 9.17) is 19.5 Å². The van der Waals surface area contributed by atoms with Crippen molar-refractivity contribution >= 4 is 23.5 Å². The molecule has 3 rings (SSSR count). The number of nitrogens with zero attached hydrogens (tertiary/aromatic N) is 1. The number of methoxy groups -OCH3 is 1. The third-order valence-corrected chi connectivity index (χ3v) is 5.68. The van der Waals surface area contributed by atoms with Crippen LogP contribution in [-0.2, 0) is 23.8 Å². The molecule has 192 valence electrons. The molecule has 0 fully saturated rings. The largest absolute Gasteiger partial charge is 0.461 e. The third kappa shape index (κ3) is 6.84. The predicted octanol–water partition coefficient (Wildman–Crippen LogP) is 3.82. The molecule has 0 saturated carbocycles. The molecular formula is C28H29N3O6. The number of esters is 2. The van der Waals surface area contributed by atoms with Crippen LogP contribution in [-0.4, -0.2) is 44.8 Å². The zero-order valence-electron chi connectivity index (χ0n) is 21.0. The van der Waals surface area contributed by atoms with E-state index >= 15 is 0 Å². The first kappa shape index (κ1) is 27.2. The maximum absolute atomic E-state index is 13.6. The quantitative estimate of drug-likeness (QED) is 0.370. The van der Waals surface area contributed by atoms with Crippen LogP contribution in [0.25, 0.3) is 0 Å². The van der Waals surface area contributed by atoms with Crippen LogP contribution < -0.4 is 10.6 Å². The van der Waals surface area contributed by atoms with Crippen molar-refractivity contribution in [2.24, 2.45) is 0 Å². The van der Waals surface area contributed by atoms with Crippen LogP contribution in [0.1, 0.15) is 42.1 Å². The van der Waals surface area contributed by atoms with E-state index in [0.29, 0.717) is 28.2 Å². The maximum atomic E-state index is 13.6. The lowest BCUT2D eigenvalue weighted by atomic mass is 9.80. The van der Waals surface area contributed by atoms with Crippen molar-refractivity contribution in [3.63, 3.8) is 0 Å². The van der Waals surface area contributed by atoms with Gasteiger partial charge in [-0.3, -0.25) is 4.79 Å². The van der Waals surface area contributed by atoms with Gasteiger partial charge in [-0.15, -0.1) is 0 Å². The highest BCUT2D eigenvalue weighted by Crippen LogP contribution is 2.39. The first-order chi connectivity index (χ1) is 17.9. The fourth-order valence-corrected chi connectivity index (χ4v) is 4.03. The molecule has 1 atom stereocenters. The predicted molar refractivity (Wildman–Crippen MR) is 136 cm³/mol. The topological polar surface area (TPSA) is 127 Å². The van der Waals surface area contributed by atoms with Gasteiger partial charge in [0.15, 0.2) is 0 Å². The molecule has 1 aliphatic rings. The number of carbonyl (C=O) groups is 3. The van der Waals surface area contributed by atoms with E-state index in [1.165, 1.54) is 13.2 Å². The Morgan fingerprint density at radius 2 is 1.62 bits per heavy atom. The summed E-state index contributed by atoms with van der Waals surface area (Å²) in [6.07, 6.45) is 0.0899. The normalized spacial score (nSPS) is 14.9. The zero-order valence-corrected chi connectivity index (χ0v) is 21.0. The summed E-state index contributed by atoms with van der Waals surface area (Å²) in [5.41, 5.74) is 3.21. The molecule has 1 heterocycles. The standard InChI is InChI=1S/C28H29N3O6/c1-18-23(26(32)31-22-12-7-11-21(17-22)27(33)36-14-8-13-29)25(20-9-5-4-6-10-20)24(19(2)30-18)28(34)37-16-15-35-3/h4-7,9-12,17,25,30H,8,14-16H2,1-3H3,(H,31,32). The molecule has 0 bridgehead atoms. The number of amides is 1. The van der Waals surface area contributed by atoms with Gasteiger partial charge in [-0.1, -0.05) is 36.4 Å². The first-order valence-corrected chi connectivity index (χ1v) is 11.7. The molecule has 0 aromatic heterocycles. The van der Waals surface area contributed by atoms with Gasteiger partial charge in [0.1, 0.15) is 13.2 Å². The van der Waals surface area contributed by atoms with Gasteiger partial charge in [-0.05, 0) is 37.6 Å². The Morgan fingerprint density at radius 3 is 2.32 bits per heavy atom. The molecule has 1 amide bonds. The Kier molecular flexibility index (Phi) is 9.58. The Labute approximate surface area is 215 Å². The number of rotatable bonds is 10. The molecule has 1 unspecified atom stereocenters. The van der Waals surface area contributed by atoms with E-state index in [9.17, 15) is 14.4 Å². The fraction of sp³-hybridized carbons (Fsp3) is 0.286. The average molecular weight is 504 g/mol. The molecule has 9 heteroatoms. The van der Waals surface area contributed by atoms with Crippen LogP contribution in [0, 0.1) is 11.3 Å². The maximum Gasteiger partial charge on any atom is 0.338 e. The molecule has 37 heavy (non-hydrogen) atoms. The number of dihydropyridines is 1. The van der Waals surface area contributed by atoms with Crippen LogP contribution in [0.4, 0.5) is 5.69 Å². The molecule has 2 N–H and O–H groups in total. The molecule has 0 spiro atoms. The van der Waals surface area contributed by atoms with Gasteiger partial charge in [-0.25, -0.2) is 9.59 Å². The van der Waals surface area contributed by atoms with Gasteiger partial charge in [0.25, 0.3) is 5.91 Å². The van der Waals surface area contributed by atoms with Gasteiger partial charge < -0.3 is 24.8 Å². The van der Waals surface area contributed by atoms with Gasteiger partial charge in [0.2, 0.25) is 0 Å². The van der Waals surface area contributed by atoms with Gasteiger partial charge >= 0.3 is 11.9 Å². The highest BCUT2D eigenvalue weighted by molar-refractivity contribution is 6.08. The molecule has 9 nitrogen and oxygen atoms in total. The second kappa shape index (κ2) is 13.0. The van der Waals surface area contributed by atoms with Crippen LogP contribution >= 0.6 is 0 Å². The Bertz CT molecular complexity index is 1260. The summed E-state index contributed by atoms with van der Waals surface area (Å²) in [6, 6.07) is 17.5. The highest BCUT2D eigenvalue weighted by atomic mass is 16.6. The number of carbonyl (C=O) groups excluding carboxylic acids is 3. The molecule has 0 saturated heterocycles. The molecule has 0 radical (unpaired) electrons. The zero-order chi connectivity index (χ0) is 26.8. The third-order valence-electron chi connectivity index (χ3n) is 5.68. The van der Waals surface area contributed by atoms with Crippen LogP contribution in [0.15, 0.2) is 77.1 Å². The summed E-state index contributed by atoms with van der Waals surface area (Å²) >= 11 is 0. The van der Waals surface area contributed by atoms with E-state index in [1.54, 1.807) is 32.0 Å². The lowest BCUT2D eigenvalue weighted by Crippen LogP contribution is -2.34. The van der Waals surface area contributed by atoms with Crippen molar-refractivity contribution in [1.82, 2.24) is 5.32 Å². The second-order valence-corrected chi connectivity index (χ2v) is 8.25. The Hall–Kier alpha value is -4.42. The summed E-state index contributed by atoms with van der Waals surface area (Å²) in [4.78, 5) is 39.0. The van der Waals surface area contributed by atoms with E-state index in [-0.39, 0.29) is 31.8 Å². The van der Waals surface area contributed by atoms with Crippen molar-refractivity contribution in [2.45, 2.75) is 26.2 Å². The van der Waals surface area contributed by atoms with Crippen LogP contribution in [0.2, 0.25) is 0 Å². The molecule has 1 aliphatic heterocycles. The van der Waals surface area contributed by atoms with Gasteiger partial charge in [-0.2, -0.15) is 5.26 Å². The van der Waals surface area contributed by atoms with Crippen molar-refractivity contribution < 1.29 is 28.6 Å². The van der Waals surface area contributed by atoms with Crippen molar-refractivity contribution in [2.75, 3.05) is 32.2 Å². The van der Waals surface area contributed by atoms with Crippen molar-refractivity contribution in [3.05, 3.63) is 88.3 Å². The van der Waals surface area contributed by atoms with E-state index < -0.39 is 23.8 Å². The second-order valence-electron chi connectivity index (χ2n) is 8.25. The first-order valence-electron chi connectivity index (χ1n) is 11.7. The van der Waals surface area contributed by atoms with Crippen LogP contribution in [0.3, 0.4) is 0 Å². The smallest absolute Gasteiger partial charge is 0.338 e. The minimum Gasteiger partial charge on any atom is -0.461 e. The van der Waals surface area contributed by atoms with Crippen molar-refractivity contribution in [3.8, 4) is 6.07 Å². The van der Waals surface area contributed by atoms with E-state index in [1.807, 2.05) is 36.4 Å². The summed E-state index contributed by atoms with van der Waals surface area (Å²) in [7, 11) is 1.52. The molecule has 2 aromatic carbocycles. The number of allylic oxidation sites excluding steroid dienone is 2. The van der Waals surface area contributed by atoms with Gasteiger partial charge in [0.05, 0.1) is 36.2 Å². The lowest BCUT2D eigenvalue weighted by Gasteiger charge is -2.31. The summed E-state index contributed by atoms with van der Waals surface area (Å²) < 4.78 is 15.5. The minimum atomic E-state index is -0.684. The van der Waals surface area contributed by atoms with E-state index in [2.05, 4.69) is 10.6 Å². The molecule has 2 aromatic rings. The van der Waals surface area contributed by atoms with Gasteiger partial charge in [0, 0.05) is 29.8 Å². The number of hydrogen-bond donors (Lipinski definition) is 2. The van der Waals surface area contributed by atoms with E-state index in [0.717, 1.165) is 5.56 Å². The average Bonchev–Trinajstić information content (AvgIpc) is 2.89. The number of hydrogen-bond acceptors (Lipinski definition) is 8. The number of nitriles is 1. The monoisotopic (exact) mass is 503 g/mol. The molecular weight excluding hydrogens is 474 g/mol. The summed E-state index contributed by atoms with van der Waals surface area (Å²) in [6.45, 7) is 3.85. The minimum absolute atomic E-state index is 0.0165. The number of benzene rings is 2. The van der Waals surface area contributed by atoms with Crippen molar-refractivity contribution in [1.29, 1.82) is 5.26 Å². The fourth-order valence-electron chi connectivity index (χ4n) is 4.03. The number of nitrogens with one attached hydrogen (secondary N) is 2. The lowest BCUT2D eigenvalue weighted by molar-refractivity contribution is -0.140. The summed E-state index contributed by atoms with van der Waals surface area (Å²) in [5, 5.41) is 14.6. The Morgan fingerprint density at radius 1 is 0.919 bits per heavy atom. The highest BCUT2D eigenvalue weighted by Gasteiger charge is 2.37. The summed E-state index contributed by atoms with van der Waals surface area (Å²) in [5.74, 6) is -2.26. The Balaban J connectivity index is 1.92. The number of anilines is 1.